The Morgan fingerprint density at radius 1 is 1.32 bits per heavy atom. The van der Waals surface area contributed by atoms with E-state index in [1.165, 1.54) is 14.9 Å². The van der Waals surface area contributed by atoms with Gasteiger partial charge >= 0.3 is 0 Å². The standard InChI is InChI=1S/C21H25BrN4OS/c1-24-6-4-17-20-18(11-23-21(17)24)19(27)5-9-26(20)15-2-7-25(8-3-15)12-16-10-14(22)13-28-16/h4-6,9-10,13,15,18,20,23H,2-3,7-8,11-12H2,1H3. The van der Waals surface area contributed by atoms with Gasteiger partial charge in [0, 0.05) is 72.0 Å². The predicted molar refractivity (Wildman–Crippen MR) is 116 cm³/mol. The van der Waals surface area contributed by atoms with E-state index in [0.717, 1.165) is 44.8 Å². The van der Waals surface area contributed by atoms with E-state index in [-0.39, 0.29) is 17.7 Å². The number of aryl methyl sites for hydroxylation is 1. The number of likely N-dealkylation sites (tertiary alicyclic amines) is 1. The summed E-state index contributed by atoms with van der Waals surface area (Å²) in [5, 5.41) is 5.63. The molecule has 5 heterocycles. The maximum Gasteiger partial charge on any atom is 0.164 e. The zero-order valence-electron chi connectivity index (χ0n) is 16.0. The topological polar surface area (TPSA) is 40.5 Å². The van der Waals surface area contributed by atoms with Crippen molar-refractivity contribution in [3.63, 3.8) is 0 Å². The van der Waals surface area contributed by atoms with E-state index >= 15 is 0 Å². The number of hydrogen-bond donors (Lipinski definition) is 1. The van der Waals surface area contributed by atoms with Gasteiger partial charge in [-0.05, 0) is 47.0 Å². The van der Waals surface area contributed by atoms with Crippen molar-refractivity contribution in [2.24, 2.45) is 13.0 Å². The number of anilines is 1. The van der Waals surface area contributed by atoms with Crippen molar-refractivity contribution in [1.82, 2.24) is 14.4 Å². The second kappa shape index (κ2) is 7.35. The van der Waals surface area contributed by atoms with Gasteiger partial charge in [-0.2, -0.15) is 0 Å². The van der Waals surface area contributed by atoms with Gasteiger partial charge in [0.25, 0.3) is 0 Å². The highest BCUT2D eigenvalue weighted by atomic mass is 79.9. The summed E-state index contributed by atoms with van der Waals surface area (Å²) in [5.74, 6) is 1.43. The van der Waals surface area contributed by atoms with E-state index in [1.54, 1.807) is 6.08 Å². The van der Waals surface area contributed by atoms with Crippen LogP contribution in [0.2, 0.25) is 0 Å². The minimum absolute atomic E-state index is 0.0152. The zero-order chi connectivity index (χ0) is 19.3. The monoisotopic (exact) mass is 460 g/mol. The van der Waals surface area contributed by atoms with Crippen LogP contribution in [0.25, 0.3) is 0 Å². The summed E-state index contributed by atoms with van der Waals surface area (Å²) in [7, 11) is 2.07. The summed E-state index contributed by atoms with van der Waals surface area (Å²) in [6.07, 6.45) is 8.26. The Morgan fingerprint density at radius 2 is 2.14 bits per heavy atom. The molecule has 7 heteroatoms. The van der Waals surface area contributed by atoms with Gasteiger partial charge in [0.15, 0.2) is 5.78 Å². The van der Waals surface area contributed by atoms with Crippen LogP contribution in [0, 0.1) is 5.92 Å². The first-order valence-electron chi connectivity index (χ1n) is 9.94. The van der Waals surface area contributed by atoms with Gasteiger partial charge in [0.2, 0.25) is 0 Å². The number of carbonyl (C=O) groups is 1. The van der Waals surface area contributed by atoms with Gasteiger partial charge in [0.05, 0.1) is 12.0 Å². The number of hydrogen-bond acceptors (Lipinski definition) is 5. The highest BCUT2D eigenvalue weighted by Crippen LogP contribution is 2.43. The van der Waals surface area contributed by atoms with E-state index in [0.29, 0.717) is 6.04 Å². The Kier molecular flexibility index (Phi) is 4.85. The van der Waals surface area contributed by atoms with Gasteiger partial charge in [0.1, 0.15) is 5.82 Å². The van der Waals surface area contributed by atoms with E-state index in [2.05, 4.69) is 72.6 Å². The number of piperidine rings is 1. The molecular formula is C21H25BrN4OS. The third-order valence-corrected chi connectivity index (χ3v) is 8.05. The molecule has 0 spiro atoms. The molecule has 0 radical (unpaired) electrons. The van der Waals surface area contributed by atoms with Gasteiger partial charge in [-0.25, -0.2) is 0 Å². The van der Waals surface area contributed by atoms with Crippen LogP contribution in [-0.4, -0.2) is 45.8 Å². The lowest BCUT2D eigenvalue weighted by molar-refractivity contribution is -0.121. The van der Waals surface area contributed by atoms with Crippen LogP contribution in [0.1, 0.15) is 29.3 Å². The van der Waals surface area contributed by atoms with Crippen molar-refractivity contribution < 1.29 is 4.79 Å². The first-order valence-corrected chi connectivity index (χ1v) is 11.6. The maximum atomic E-state index is 12.6. The number of rotatable bonds is 3. The minimum atomic E-state index is 0.0152. The lowest BCUT2D eigenvalue weighted by Crippen LogP contribution is -2.50. The molecule has 2 unspecified atom stereocenters. The van der Waals surface area contributed by atoms with Crippen LogP contribution in [0.15, 0.2) is 40.5 Å². The van der Waals surface area contributed by atoms with Crippen LogP contribution in [0.5, 0.6) is 0 Å². The maximum absolute atomic E-state index is 12.6. The Labute approximate surface area is 178 Å². The predicted octanol–water partition coefficient (Wildman–Crippen LogP) is 3.99. The van der Waals surface area contributed by atoms with Crippen LogP contribution < -0.4 is 5.32 Å². The van der Waals surface area contributed by atoms with Crippen molar-refractivity contribution in [2.75, 3.05) is 25.0 Å². The number of nitrogens with zero attached hydrogens (tertiary/aromatic N) is 3. The molecule has 5 nitrogen and oxygen atoms in total. The molecule has 2 aromatic heterocycles. The molecule has 0 aromatic carbocycles. The van der Waals surface area contributed by atoms with Crippen molar-refractivity contribution in [3.8, 4) is 0 Å². The lowest BCUT2D eigenvalue weighted by atomic mass is 9.82. The number of carbonyl (C=O) groups excluding carboxylic acids is 1. The van der Waals surface area contributed by atoms with Gasteiger partial charge in [-0.3, -0.25) is 9.69 Å². The SMILES string of the molecule is Cn1ccc2c1NCC1C(=O)C=CN(C3CCN(Cc4cc(Br)cs4)CC3)C21. The molecule has 3 aliphatic heterocycles. The highest BCUT2D eigenvalue weighted by molar-refractivity contribution is 9.10. The highest BCUT2D eigenvalue weighted by Gasteiger charge is 2.42. The number of allylic oxidation sites excluding steroid dienone is 1. The first-order chi connectivity index (χ1) is 13.6. The third-order valence-electron chi connectivity index (χ3n) is 6.37. The Bertz CT molecular complexity index is 911. The second-order valence-electron chi connectivity index (χ2n) is 8.07. The molecule has 1 fully saturated rings. The van der Waals surface area contributed by atoms with E-state index in [1.807, 2.05) is 11.3 Å². The lowest BCUT2D eigenvalue weighted by Gasteiger charge is -2.47. The molecule has 148 valence electrons. The molecule has 2 aromatic rings. The Balaban J connectivity index is 1.32. The molecule has 28 heavy (non-hydrogen) atoms. The van der Waals surface area contributed by atoms with Crippen LogP contribution in [0.4, 0.5) is 5.82 Å². The number of aromatic nitrogens is 1. The molecule has 5 rings (SSSR count). The fraction of sp³-hybridized carbons (Fsp3) is 0.476. The molecule has 3 aliphatic rings. The van der Waals surface area contributed by atoms with Crippen LogP contribution in [-0.2, 0) is 18.4 Å². The fourth-order valence-electron chi connectivity index (χ4n) is 4.93. The van der Waals surface area contributed by atoms with Crippen molar-refractivity contribution in [2.45, 2.75) is 31.5 Å². The molecular weight excluding hydrogens is 436 g/mol. The summed E-state index contributed by atoms with van der Waals surface area (Å²) < 4.78 is 3.31. The zero-order valence-corrected chi connectivity index (χ0v) is 18.4. The van der Waals surface area contributed by atoms with Crippen molar-refractivity contribution >= 4 is 38.9 Å². The number of thiophene rings is 1. The summed E-state index contributed by atoms with van der Waals surface area (Å²) in [5.41, 5.74) is 1.27. The largest absolute Gasteiger partial charge is 0.370 e. The quantitative estimate of drug-likeness (QED) is 0.751. The average Bonchev–Trinajstić information content (AvgIpc) is 3.28. The molecule has 2 atom stereocenters. The van der Waals surface area contributed by atoms with Crippen molar-refractivity contribution in [1.29, 1.82) is 0 Å². The number of fused-ring (bicyclic) bond motifs is 3. The fourth-order valence-corrected chi connectivity index (χ4v) is 6.42. The molecule has 0 amide bonds. The van der Waals surface area contributed by atoms with E-state index in [4.69, 9.17) is 0 Å². The molecule has 0 bridgehead atoms. The molecule has 0 aliphatic carbocycles. The number of ketones is 1. The molecule has 1 saturated heterocycles. The normalized spacial score (nSPS) is 25.5. The van der Waals surface area contributed by atoms with Crippen LogP contribution in [0.3, 0.4) is 0 Å². The smallest absolute Gasteiger partial charge is 0.164 e. The van der Waals surface area contributed by atoms with Crippen LogP contribution >= 0.6 is 27.3 Å². The summed E-state index contributed by atoms with van der Waals surface area (Å²) >= 11 is 5.38. The summed E-state index contributed by atoms with van der Waals surface area (Å²) in [6.45, 7) is 3.98. The summed E-state index contributed by atoms with van der Waals surface area (Å²) in [4.78, 5) is 19.0. The van der Waals surface area contributed by atoms with E-state index < -0.39 is 0 Å². The van der Waals surface area contributed by atoms with Crippen molar-refractivity contribution in [3.05, 3.63) is 50.9 Å². The van der Waals surface area contributed by atoms with Gasteiger partial charge in [-0.1, -0.05) is 0 Å². The third kappa shape index (κ3) is 3.23. The first kappa shape index (κ1) is 18.5. The number of nitrogens with one attached hydrogen (secondary N) is 1. The van der Waals surface area contributed by atoms with Gasteiger partial charge in [-0.15, -0.1) is 11.3 Å². The Morgan fingerprint density at radius 3 is 2.89 bits per heavy atom. The van der Waals surface area contributed by atoms with E-state index in [9.17, 15) is 4.79 Å². The second-order valence-corrected chi connectivity index (χ2v) is 9.98. The summed E-state index contributed by atoms with van der Waals surface area (Å²) in [6, 6.07) is 5.07. The molecule has 1 N–H and O–H groups in total. The van der Waals surface area contributed by atoms with Gasteiger partial charge < -0.3 is 14.8 Å². The Hall–Kier alpha value is -1.57. The average molecular weight is 461 g/mol. The number of halogens is 1. The molecule has 0 saturated carbocycles. The minimum Gasteiger partial charge on any atom is -0.370 e.